The summed E-state index contributed by atoms with van der Waals surface area (Å²) in [5.41, 5.74) is 7.52. The van der Waals surface area contributed by atoms with Crippen LogP contribution < -0.4 is 0 Å². The summed E-state index contributed by atoms with van der Waals surface area (Å²) >= 11 is 3.49. The molecular formula is C24H19BrN2. The van der Waals surface area contributed by atoms with Crippen LogP contribution in [-0.4, -0.2) is 9.97 Å². The third-order valence-electron chi connectivity index (χ3n) is 4.52. The molecule has 0 spiro atoms. The van der Waals surface area contributed by atoms with E-state index < -0.39 is 0 Å². The second-order valence-electron chi connectivity index (χ2n) is 6.70. The van der Waals surface area contributed by atoms with Crippen LogP contribution >= 0.6 is 15.9 Å². The highest BCUT2D eigenvalue weighted by Gasteiger charge is 2.10. The zero-order chi connectivity index (χ0) is 18.8. The van der Waals surface area contributed by atoms with Crippen molar-refractivity contribution in [3.05, 3.63) is 94.5 Å². The standard InChI is InChI=1S/C24H19BrN2/c1-16-3-7-18(8-4-16)22-15-23(19-9-5-17(2)6-10-19)27-24(26-22)20-11-13-21(25)14-12-20/h3-15H,1-2H3. The van der Waals surface area contributed by atoms with Gasteiger partial charge in [-0.15, -0.1) is 0 Å². The molecule has 0 amide bonds. The van der Waals surface area contributed by atoms with Crippen LogP contribution in [0.15, 0.2) is 83.3 Å². The Balaban J connectivity index is 1.89. The van der Waals surface area contributed by atoms with Gasteiger partial charge < -0.3 is 0 Å². The van der Waals surface area contributed by atoms with Gasteiger partial charge in [-0.2, -0.15) is 0 Å². The Kier molecular flexibility index (Phi) is 4.87. The minimum absolute atomic E-state index is 0.733. The van der Waals surface area contributed by atoms with Crippen molar-refractivity contribution < 1.29 is 0 Å². The Hall–Kier alpha value is -2.78. The number of nitrogens with zero attached hydrogens (tertiary/aromatic N) is 2. The van der Waals surface area contributed by atoms with Crippen LogP contribution in [0.2, 0.25) is 0 Å². The zero-order valence-corrected chi connectivity index (χ0v) is 16.9. The van der Waals surface area contributed by atoms with Crippen LogP contribution in [-0.2, 0) is 0 Å². The van der Waals surface area contributed by atoms with E-state index in [1.54, 1.807) is 0 Å². The lowest BCUT2D eigenvalue weighted by molar-refractivity contribution is 1.18. The summed E-state index contributed by atoms with van der Waals surface area (Å²) in [6.45, 7) is 4.18. The number of aromatic nitrogens is 2. The summed E-state index contributed by atoms with van der Waals surface area (Å²) in [7, 11) is 0. The van der Waals surface area contributed by atoms with E-state index in [2.05, 4.69) is 84.4 Å². The van der Waals surface area contributed by atoms with E-state index in [-0.39, 0.29) is 0 Å². The molecule has 0 bridgehead atoms. The number of hydrogen-bond donors (Lipinski definition) is 0. The lowest BCUT2D eigenvalue weighted by Crippen LogP contribution is -1.96. The van der Waals surface area contributed by atoms with E-state index in [0.29, 0.717) is 0 Å². The van der Waals surface area contributed by atoms with Crippen LogP contribution in [0.5, 0.6) is 0 Å². The first-order valence-corrected chi connectivity index (χ1v) is 9.67. The highest BCUT2D eigenvalue weighted by molar-refractivity contribution is 9.10. The summed E-state index contributed by atoms with van der Waals surface area (Å²) < 4.78 is 1.04. The van der Waals surface area contributed by atoms with Gasteiger partial charge in [0, 0.05) is 21.2 Å². The normalized spacial score (nSPS) is 10.8. The van der Waals surface area contributed by atoms with Gasteiger partial charge in [0.15, 0.2) is 5.82 Å². The Bertz CT molecular complexity index is 913. The number of aryl methyl sites for hydroxylation is 2. The summed E-state index contributed by atoms with van der Waals surface area (Å²) in [5.74, 6) is 0.733. The van der Waals surface area contributed by atoms with Crippen LogP contribution in [0.25, 0.3) is 33.9 Å². The van der Waals surface area contributed by atoms with Crippen LogP contribution in [0.4, 0.5) is 0 Å². The van der Waals surface area contributed by atoms with Crippen molar-refractivity contribution in [1.82, 2.24) is 9.97 Å². The molecule has 27 heavy (non-hydrogen) atoms. The predicted octanol–water partition coefficient (Wildman–Crippen LogP) is 6.86. The molecule has 0 unspecified atom stereocenters. The molecule has 1 heterocycles. The van der Waals surface area contributed by atoms with E-state index in [4.69, 9.17) is 9.97 Å². The Morgan fingerprint density at radius 3 is 1.41 bits per heavy atom. The first kappa shape index (κ1) is 17.6. The molecule has 0 N–H and O–H groups in total. The van der Waals surface area contributed by atoms with Crippen molar-refractivity contribution in [1.29, 1.82) is 0 Å². The maximum absolute atomic E-state index is 4.85. The van der Waals surface area contributed by atoms with Gasteiger partial charge in [0.05, 0.1) is 11.4 Å². The lowest BCUT2D eigenvalue weighted by Gasteiger charge is -2.10. The molecule has 132 valence electrons. The molecular weight excluding hydrogens is 396 g/mol. The first-order chi connectivity index (χ1) is 13.1. The molecule has 0 aliphatic rings. The van der Waals surface area contributed by atoms with Crippen molar-refractivity contribution >= 4 is 15.9 Å². The number of halogens is 1. The monoisotopic (exact) mass is 414 g/mol. The molecule has 0 aliphatic carbocycles. The average Bonchev–Trinajstić information content (AvgIpc) is 2.69. The maximum Gasteiger partial charge on any atom is 0.160 e. The molecule has 4 rings (SSSR count). The third kappa shape index (κ3) is 3.99. The third-order valence-corrected chi connectivity index (χ3v) is 5.05. The summed E-state index contributed by atoms with van der Waals surface area (Å²) in [5, 5.41) is 0. The number of benzene rings is 3. The van der Waals surface area contributed by atoms with Crippen molar-refractivity contribution in [3.63, 3.8) is 0 Å². The van der Waals surface area contributed by atoms with Gasteiger partial charge in [-0.1, -0.05) is 87.7 Å². The second kappa shape index (κ2) is 7.45. The summed E-state index contributed by atoms with van der Waals surface area (Å²) in [4.78, 5) is 9.70. The number of hydrogen-bond acceptors (Lipinski definition) is 2. The quantitative estimate of drug-likeness (QED) is 0.365. The first-order valence-electron chi connectivity index (χ1n) is 8.87. The van der Waals surface area contributed by atoms with E-state index in [1.165, 1.54) is 11.1 Å². The van der Waals surface area contributed by atoms with Crippen molar-refractivity contribution in [3.8, 4) is 33.9 Å². The number of rotatable bonds is 3. The van der Waals surface area contributed by atoms with E-state index in [0.717, 1.165) is 38.4 Å². The molecule has 0 atom stereocenters. The highest BCUT2D eigenvalue weighted by atomic mass is 79.9. The molecule has 3 aromatic carbocycles. The fourth-order valence-corrected chi connectivity index (χ4v) is 3.18. The van der Waals surface area contributed by atoms with E-state index in [9.17, 15) is 0 Å². The fourth-order valence-electron chi connectivity index (χ4n) is 2.92. The Labute approximate surface area is 168 Å². The van der Waals surface area contributed by atoms with Crippen LogP contribution in [0.1, 0.15) is 11.1 Å². The Morgan fingerprint density at radius 1 is 0.556 bits per heavy atom. The molecule has 3 heteroatoms. The van der Waals surface area contributed by atoms with E-state index in [1.807, 2.05) is 24.3 Å². The molecule has 2 nitrogen and oxygen atoms in total. The van der Waals surface area contributed by atoms with Gasteiger partial charge in [0.1, 0.15) is 0 Å². The van der Waals surface area contributed by atoms with Crippen LogP contribution in [0.3, 0.4) is 0 Å². The second-order valence-corrected chi connectivity index (χ2v) is 7.62. The van der Waals surface area contributed by atoms with Crippen molar-refractivity contribution in [2.24, 2.45) is 0 Å². The average molecular weight is 415 g/mol. The van der Waals surface area contributed by atoms with E-state index >= 15 is 0 Å². The minimum atomic E-state index is 0.733. The largest absolute Gasteiger partial charge is 0.228 e. The summed E-state index contributed by atoms with van der Waals surface area (Å²) in [6.07, 6.45) is 0. The highest BCUT2D eigenvalue weighted by Crippen LogP contribution is 2.28. The molecule has 0 saturated carbocycles. The fraction of sp³-hybridized carbons (Fsp3) is 0.0833. The Morgan fingerprint density at radius 2 is 0.963 bits per heavy atom. The molecule has 0 fully saturated rings. The molecule has 0 aliphatic heterocycles. The molecule has 4 aromatic rings. The van der Waals surface area contributed by atoms with Gasteiger partial charge in [-0.05, 0) is 32.0 Å². The van der Waals surface area contributed by atoms with Gasteiger partial charge in [0.2, 0.25) is 0 Å². The smallest absolute Gasteiger partial charge is 0.160 e. The molecule has 0 radical (unpaired) electrons. The van der Waals surface area contributed by atoms with Gasteiger partial charge in [-0.3, -0.25) is 0 Å². The summed E-state index contributed by atoms with van der Waals surface area (Å²) in [6, 6.07) is 27.1. The lowest BCUT2D eigenvalue weighted by atomic mass is 10.0. The molecule has 1 aromatic heterocycles. The van der Waals surface area contributed by atoms with Crippen molar-refractivity contribution in [2.45, 2.75) is 13.8 Å². The van der Waals surface area contributed by atoms with Gasteiger partial charge in [-0.25, -0.2) is 9.97 Å². The SMILES string of the molecule is Cc1ccc(-c2cc(-c3ccc(C)cc3)nc(-c3ccc(Br)cc3)n2)cc1. The van der Waals surface area contributed by atoms with Crippen molar-refractivity contribution in [2.75, 3.05) is 0 Å². The van der Waals surface area contributed by atoms with Crippen LogP contribution in [0, 0.1) is 13.8 Å². The van der Waals surface area contributed by atoms with Gasteiger partial charge in [0.25, 0.3) is 0 Å². The minimum Gasteiger partial charge on any atom is -0.228 e. The van der Waals surface area contributed by atoms with Gasteiger partial charge >= 0.3 is 0 Å². The maximum atomic E-state index is 4.85. The zero-order valence-electron chi connectivity index (χ0n) is 15.3. The topological polar surface area (TPSA) is 25.8 Å². The molecule has 0 saturated heterocycles. The predicted molar refractivity (Wildman–Crippen MR) is 116 cm³/mol.